The number of halogens is 2. The Morgan fingerprint density at radius 1 is 1.07 bits per heavy atom. The summed E-state index contributed by atoms with van der Waals surface area (Å²) in [5.74, 6) is -2.78. The second kappa shape index (κ2) is 7.71. The number of benzene rings is 2. The Morgan fingerprint density at radius 3 is 2.44 bits per heavy atom. The van der Waals surface area contributed by atoms with Gasteiger partial charge in [-0.25, -0.2) is 17.2 Å². The summed E-state index contributed by atoms with van der Waals surface area (Å²) in [4.78, 5) is 12.3. The Labute approximate surface area is 155 Å². The molecule has 0 aliphatic carbocycles. The lowest BCUT2D eigenvalue weighted by atomic mass is 10.1. The second-order valence-electron chi connectivity index (χ2n) is 6.25. The molecule has 0 atom stereocenters. The molecule has 1 amide bonds. The summed E-state index contributed by atoms with van der Waals surface area (Å²) in [5, 5.41) is 11.9. The normalized spacial score (nSPS) is 16.3. The SMILES string of the molecule is O=C(Nc1ccc(F)c(F)c1)c1cccc(S(=O)(=O)N2CCC(O)CC2)c1. The van der Waals surface area contributed by atoms with Crippen LogP contribution in [0.15, 0.2) is 47.4 Å². The van der Waals surface area contributed by atoms with E-state index in [-0.39, 0.29) is 29.2 Å². The molecule has 27 heavy (non-hydrogen) atoms. The minimum absolute atomic E-state index is 0.0446. The van der Waals surface area contributed by atoms with E-state index in [2.05, 4.69) is 5.32 Å². The van der Waals surface area contributed by atoms with Gasteiger partial charge in [0.2, 0.25) is 10.0 Å². The first-order chi connectivity index (χ1) is 12.8. The number of nitrogens with one attached hydrogen (secondary N) is 1. The molecule has 1 heterocycles. The number of aliphatic hydroxyl groups is 1. The third-order valence-electron chi connectivity index (χ3n) is 4.33. The van der Waals surface area contributed by atoms with Crippen molar-refractivity contribution in [2.24, 2.45) is 0 Å². The lowest BCUT2D eigenvalue weighted by Gasteiger charge is -2.28. The molecule has 0 bridgehead atoms. The first kappa shape index (κ1) is 19.4. The van der Waals surface area contributed by atoms with Crippen LogP contribution in [-0.4, -0.2) is 42.9 Å². The number of hydrogen-bond donors (Lipinski definition) is 2. The highest BCUT2D eigenvalue weighted by atomic mass is 32.2. The van der Waals surface area contributed by atoms with Gasteiger partial charge in [0.15, 0.2) is 11.6 Å². The van der Waals surface area contributed by atoms with Crippen molar-refractivity contribution in [3.63, 3.8) is 0 Å². The molecule has 1 aliphatic heterocycles. The zero-order valence-corrected chi connectivity index (χ0v) is 15.0. The van der Waals surface area contributed by atoms with E-state index >= 15 is 0 Å². The molecule has 2 N–H and O–H groups in total. The van der Waals surface area contributed by atoms with E-state index in [4.69, 9.17) is 0 Å². The van der Waals surface area contributed by atoms with Crippen LogP contribution in [0, 0.1) is 11.6 Å². The summed E-state index contributed by atoms with van der Waals surface area (Å²) in [6, 6.07) is 8.41. The summed E-state index contributed by atoms with van der Waals surface area (Å²) in [6.07, 6.45) is 0.204. The van der Waals surface area contributed by atoms with Gasteiger partial charge in [-0.15, -0.1) is 0 Å². The van der Waals surface area contributed by atoms with E-state index in [0.717, 1.165) is 12.1 Å². The molecule has 1 fully saturated rings. The van der Waals surface area contributed by atoms with Crippen molar-refractivity contribution in [2.75, 3.05) is 18.4 Å². The fraction of sp³-hybridized carbons (Fsp3) is 0.278. The van der Waals surface area contributed by atoms with Crippen molar-refractivity contribution in [3.8, 4) is 0 Å². The van der Waals surface area contributed by atoms with E-state index < -0.39 is 33.7 Å². The minimum Gasteiger partial charge on any atom is -0.393 e. The number of nitrogens with zero attached hydrogens (tertiary/aromatic N) is 1. The molecule has 1 saturated heterocycles. The first-order valence-corrected chi connectivity index (χ1v) is 9.76. The van der Waals surface area contributed by atoms with E-state index in [1.165, 1.54) is 34.6 Å². The van der Waals surface area contributed by atoms with Crippen molar-refractivity contribution in [2.45, 2.75) is 23.8 Å². The molecule has 1 aliphatic rings. The van der Waals surface area contributed by atoms with E-state index in [1.54, 1.807) is 0 Å². The largest absolute Gasteiger partial charge is 0.393 e. The average molecular weight is 396 g/mol. The molecule has 0 spiro atoms. The first-order valence-electron chi connectivity index (χ1n) is 8.32. The van der Waals surface area contributed by atoms with Crippen LogP contribution >= 0.6 is 0 Å². The monoisotopic (exact) mass is 396 g/mol. The van der Waals surface area contributed by atoms with Crippen molar-refractivity contribution in [1.82, 2.24) is 4.31 Å². The Morgan fingerprint density at radius 2 is 1.78 bits per heavy atom. The molecule has 2 aromatic carbocycles. The lowest BCUT2D eigenvalue weighted by molar-refractivity contribution is 0.102. The summed E-state index contributed by atoms with van der Waals surface area (Å²) in [7, 11) is -3.79. The van der Waals surface area contributed by atoms with Gasteiger partial charge in [-0.2, -0.15) is 4.31 Å². The standard InChI is InChI=1S/C18H18F2N2O4S/c19-16-5-4-13(11-17(16)20)21-18(24)12-2-1-3-15(10-12)27(25,26)22-8-6-14(23)7-9-22/h1-5,10-11,14,23H,6-9H2,(H,21,24). The number of hydrogen-bond acceptors (Lipinski definition) is 4. The van der Waals surface area contributed by atoms with E-state index in [9.17, 15) is 27.1 Å². The Bertz CT molecular complexity index is 958. The molecular weight excluding hydrogens is 378 g/mol. The van der Waals surface area contributed by atoms with Crippen LogP contribution in [0.2, 0.25) is 0 Å². The van der Waals surface area contributed by atoms with Gasteiger partial charge in [0.05, 0.1) is 11.0 Å². The van der Waals surface area contributed by atoms with Gasteiger partial charge in [0.1, 0.15) is 0 Å². The molecule has 3 rings (SSSR count). The number of rotatable bonds is 4. The Balaban J connectivity index is 1.80. The fourth-order valence-electron chi connectivity index (χ4n) is 2.81. The molecule has 9 heteroatoms. The van der Waals surface area contributed by atoms with Crippen LogP contribution in [0.4, 0.5) is 14.5 Å². The Kier molecular flexibility index (Phi) is 5.54. The maximum Gasteiger partial charge on any atom is 0.255 e. The summed E-state index contributed by atoms with van der Waals surface area (Å²) in [6.45, 7) is 0.406. The molecule has 0 radical (unpaired) electrons. The van der Waals surface area contributed by atoms with E-state index in [1.807, 2.05) is 0 Å². The van der Waals surface area contributed by atoms with Crippen LogP contribution in [0.3, 0.4) is 0 Å². The maximum atomic E-state index is 13.3. The number of carbonyl (C=O) groups is 1. The smallest absolute Gasteiger partial charge is 0.255 e. The molecular formula is C18H18F2N2O4S. The Hall–Kier alpha value is -2.36. The van der Waals surface area contributed by atoms with Crippen LogP contribution in [0.1, 0.15) is 23.2 Å². The van der Waals surface area contributed by atoms with Crippen LogP contribution in [0.25, 0.3) is 0 Å². The van der Waals surface area contributed by atoms with Gasteiger partial charge in [0.25, 0.3) is 5.91 Å². The topological polar surface area (TPSA) is 86.7 Å². The van der Waals surface area contributed by atoms with Gasteiger partial charge >= 0.3 is 0 Å². The highest BCUT2D eigenvalue weighted by Gasteiger charge is 2.29. The molecule has 6 nitrogen and oxygen atoms in total. The van der Waals surface area contributed by atoms with Crippen molar-refractivity contribution >= 4 is 21.6 Å². The summed E-state index contributed by atoms with van der Waals surface area (Å²) >= 11 is 0. The predicted octanol–water partition coefficient (Wildman–Crippen LogP) is 2.36. The average Bonchev–Trinajstić information content (AvgIpc) is 2.65. The van der Waals surface area contributed by atoms with Gasteiger partial charge in [-0.1, -0.05) is 6.07 Å². The van der Waals surface area contributed by atoms with E-state index in [0.29, 0.717) is 12.8 Å². The number of sulfonamides is 1. The number of piperidine rings is 1. The summed E-state index contributed by atoms with van der Waals surface area (Å²) < 4.78 is 53.0. The number of amides is 1. The van der Waals surface area contributed by atoms with Crippen LogP contribution in [-0.2, 0) is 10.0 Å². The third-order valence-corrected chi connectivity index (χ3v) is 6.23. The van der Waals surface area contributed by atoms with Gasteiger partial charge in [-0.3, -0.25) is 4.79 Å². The van der Waals surface area contributed by atoms with Crippen LogP contribution < -0.4 is 5.32 Å². The van der Waals surface area contributed by atoms with Crippen LogP contribution in [0.5, 0.6) is 0 Å². The molecule has 2 aromatic rings. The quantitative estimate of drug-likeness (QED) is 0.831. The number of carbonyl (C=O) groups excluding carboxylic acids is 1. The fourth-order valence-corrected chi connectivity index (χ4v) is 4.32. The second-order valence-corrected chi connectivity index (χ2v) is 8.18. The third kappa shape index (κ3) is 4.32. The zero-order chi connectivity index (χ0) is 19.6. The predicted molar refractivity (Wildman–Crippen MR) is 94.8 cm³/mol. The van der Waals surface area contributed by atoms with Gasteiger partial charge in [-0.05, 0) is 43.2 Å². The highest BCUT2D eigenvalue weighted by molar-refractivity contribution is 7.89. The number of anilines is 1. The minimum atomic E-state index is -3.79. The van der Waals surface area contributed by atoms with Crippen molar-refractivity contribution in [3.05, 3.63) is 59.7 Å². The molecule has 0 saturated carbocycles. The van der Waals surface area contributed by atoms with Crippen molar-refractivity contribution in [1.29, 1.82) is 0 Å². The van der Waals surface area contributed by atoms with Crippen molar-refractivity contribution < 1.29 is 27.1 Å². The lowest BCUT2D eigenvalue weighted by Crippen LogP contribution is -2.40. The zero-order valence-electron chi connectivity index (χ0n) is 14.2. The molecule has 0 aromatic heterocycles. The summed E-state index contributed by atoms with van der Waals surface area (Å²) in [5.41, 5.74) is 0.120. The molecule has 144 valence electrons. The highest BCUT2D eigenvalue weighted by Crippen LogP contribution is 2.22. The van der Waals surface area contributed by atoms with Gasteiger partial charge in [0, 0.05) is 30.4 Å². The van der Waals surface area contributed by atoms with Gasteiger partial charge < -0.3 is 10.4 Å². The molecule has 0 unspecified atom stereocenters. The number of aliphatic hydroxyl groups excluding tert-OH is 1. The maximum absolute atomic E-state index is 13.3.